The Balaban J connectivity index is 1.97. The van der Waals surface area contributed by atoms with Gasteiger partial charge in [0.2, 0.25) is 0 Å². The molecule has 1 aliphatic carbocycles. The number of ether oxygens (including phenoxy) is 2. The maximum atomic E-state index is 12.4. The third-order valence-electron chi connectivity index (χ3n) is 4.66. The summed E-state index contributed by atoms with van der Waals surface area (Å²) in [6, 6.07) is 9.07. The zero-order chi connectivity index (χ0) is 22.3. The number of allylic oxidation sites excluding steroid dienone is 1. The molecule has 2 amide bonds. The number of likely N-dealkylation sites (N-methyl/N-ethyl adjacent to an activating group) is 1. The summed E-state index contributed by atoms with van der Waals surface area (Å²) < 4.78 is 10.5. The van der Waals surface area contributed by atoms with E-state index in [0.717, 1.165) is 10.5 Å². The van der Waals surface area contributed by atoms with E-state index < -0.39 is 23.8 Å². The molecule has 0 aliphatic heterocycles. The predicted octanol–water partition coefficient (Wildman–Crippen LogP) is 4.06. The van der Waals surface area contributed by atoms with Crippen molar-refractivity contribution in [2.75, 3.05) is 7.05 Å². The van der Waals surface area contributed by atoms with Crippen molar-refractivity contribution in [3.63, 3.8) is 0 Å². The fourth-order valence-corrected chi connectivity index (χ4v) is 3.26. The molecule has 1 aromatic carbocycles. The molecule has 1 aromatic rings. The van der Waals surface area contributed by atoms with Gasteiger partial charge in [0.25, 0.3) is 0 Å². The average molecular weight is 418 g/mol. The molecule has 0 saturated heterocycles. The summed E-state index contributed by atoms with van der Waals surface area (Å²) in [7, 11) is 1.40. The first-order chi connectivity index (χ1) is 14.1. The number of rotatable bonds is 5. The minimum Gasteiger partial charge on any atom is -0.477 e. The van der Waals surface area contributed by atoms with E-state index >= 15 is 0 Å². The van der Waals surface area contributed by atoms with Gasteiger partial charge >= 0.3 is 18.2 Å². The van der Waals surface area contributed by atoms with E-state index in [4.69, 9.17) is 9.47 Å². The highest BCUT2D eigenvalue weighted by atomic mass is 16.6. The average Bonchev–Trinajstić information content (AvgIpc) is 2.66. The van der Waals surface area contributed by atoms with Gasteiger partial charge in [-0.3, -0.25) is 4.90 Å². The number of nitrogens with zero attached hydrogens (tertiary/aromatic N) is 1. The van der Waals surface area contributed by atoms with E-state index in [2.05, 4.69) is 5.32 Å². The standard InChI is InChI=1S/C22H30N2O6/c1-22(2,3)30-20(27)23-17-12-10-16(11-13-17)18(19(25)26)24(4)21(28)29-14-15-8-6-5-7-9-15/h5-9,17H,10-14H2,1-4H3,(H,23,27)(H,25,26). The van der Waals surface area contributed by atoms with E-state index in [1.165, 1.54) is 7.05 Å². The molecule has 164 valence electrons. The van der Waals surface area contributed by atoms with Crippen LogP contribution in [0.15, 0.2) is 41.6 Å². The lowest BCUT2D eigenvalue weighted by Crippen LogP contribution is -2.40. The molecule has 1 fully saturated rings. The lowest BCUT2D eigenvalue weighted by Gasteiger charge is -2.29. The number of alkyl carbamates (subject to hydrolysis) is 1. The van der Waals surface area contributed by atoms with Crippen molar-refractivity contribution in [3.05, 3.63) is 47.2 Å². The van der Waals surface area contributed by atoms with Gasteiger partial charge in [-0.25, -0.2) is 14.4 Å². The lowest BCUT2D eigenvalue weighted by molar-refractivity contribution is -0.134. The second-order valence-corrected chi connectivity index (χ2v) is 8.28. The Morgan fingerprint density at radius 2 is 1.73 bits per heavy atom. The molecule has 0 aromatic heterocycles. The Kier molecular flexibility index (Phi) is 7.86. The Labute approximate surface area is 176 Å². The minimum absolute atomic E-state index is 0.0636. The molecule has 0 heterocycles. The van der Waals surface area contributed by atoms with Crippen LogP contribution in [0, 0.1) is 0 Å². The monoisotopic (exact) mass is 418 g/mol. The fraction of sp³-hybridized carbons (Fsp3) is 0.500. The third-order valence-corrected chi connectivity index (χ3v) is 4.66. The van der Waals surface area contributed by atoms with Crippen molar-refractivity contribution in [1.82, 2.24) is 10.2 Å². The quantitative estimate of drug-likeness (QED) is 0.699. The van der Waals surface area contributed by atoms with Gasteiger partial charge in [0.15, 0.2) is 0 Å². The molecular weight excluding hydrogens is 388 g/mol. The largest absolute Gasteiger partial charge is 0.477 e. The Morgan fingerprint density at radius 3 is 2.27 bits per heavy atom. The summed E-state index contributed by atoms with van der Waals surface area (Å²) in [5, 5.41) is 12.5. The lowest BCUT2D eigenvalue weighted by atomic mass is 9.89. The highest BCUT2D eigenvalue weighted by molar-refractivity contribution is 5.91. The number of hydrogen-bond acceptors (Lipinski definition) is 5. The van der Waals surface area contributed by atoms with Crippen LogP contribution in [0.4, 0.5) is 9.59 Å². The molecule has 2 rings (SSSR count). The van der Waals surface area contributed by atoms with Crippen molar-refractivity contribution in [3.8, 4) is 0 Å². The van der Waals surface area contributed by atoms with Crippen LogP contribution in [-0.4, -0.2) is 46.9 Å². The molecule has 8 heteroatoms. The molecule has 1 aliphatic rings. The van der Waals surface area contributed by atoms with Crippen molar-refractivity contribution in [1.29, 1.82) is 0 Å². The van der Waals surface area contributed by atoms with Crippen LogP contribution in [0.3, 0.4) is 0 Å². The number of carboxylic acid groups (broad SMARTS) is 1. The molecule has 0 radical (unpaired) electrons. The summed E-state index contributed by atoms with van der Waals surface area (Å²) in [4.78, 5) is 37.2. The number of carbonyl (C=O) groups is 3. The SMILES string of the molecule is CN(C(=O)OCc1ccccc1)C(C(=O)O)=C1CCC(NC(=O)OC(C)(C)C)CC1. The molecule has 0 spiro atoms. The van der Waals surface area contributed by atoms with Crippen LogP contribution in [0.2, 0.25) is 0 Å². The summed E-state index contributed by atoms with van der Waals surface area (Å²) in [6.07, 6.45) is 0.839. The van der Waals surface area contributed by atoms with Crippen LogP contribution in [0.25, 0.3) is 0 Å². The van der Waals surface area contributed by atoms with Crippen LogP contribution in [0.5, 0.6) is 0 Å². The number of aliphatic carboxylic acids is 1. The molecular formula is C22H30N2O6. The number of benzene rings is 1. The highest BCUT2D eigenvalue weighted by Crippen LogP contribution is 2.28. The molecule has 0 bridgehead atoms. The third kappa shape index (κ3) is 7.09. The van der Waals surface area contributed by atoms with E-state index in [1.807, 2.05) is 30.3 Å². The van der Waals surface area contributed by atoms with Gasteiger partial charge in [0, 0.05) is 13.1 Å². The van der Waals surface area contributed by atoms with Crippen LogP contribution >= 0.6 is 0 Å². The number of carbonyl (C=O) groups excluding carboxylic acids is 2. The first-order valence-corrected chi connectivity index (χ1v) is 9.96. The summed E-state index contributed by atoms with van der Waals surface area (Å²) >= 11 is 0. The minimum atomic E-state index is -1.18. The van der Waals surface area contributed by atoms with Crippen LogP contribution in [-0.2, 0) is 20.9 Å². The molecule has 0 atom stereocenters. The summed E-state index contributed by atoms with van der Waals surface area (Å²) in [6.45, 7) is 5.44. The maximum Gasteiger partial charge on any atom is 0.414 e. The predicted molar refractivity (Wildman–Crippen MR) is 111 cm³/mol. The van der Waals surface area contributed by atoms with Crippen LogP contribution < -0.4 is 5.32 Å². The fourth-order valence-electron chi connectivity index (χ4n) is 3.26. The molecule has 2 N–H and O–H groups in total. The second-order valence-electron chi connectivity index (χ2n) is 8.28. The van der Waals surface area contributed by atoms with Crippen molar-refractivity contribution in [2.24, 2.45) is 0 Å². The molecule has 0 unspecified atom stereocenters. The summed E-state index contributed by atoms with van der Waals surface area (Å²) in [5.74, 6) is -1.18. The topological polar surface area (TPSA) is 105 Å². The van der Waals surface area contributed by atoms with Gasteiger partial charge in [-0.05, 0) is 57.6 Å². The van der Waals surface area contributed by atoms with Gasteiger partial charge in [-0.15, -0.1) is 0 Å². The zero-order valence-electron chi connectivity index (χ0n) is 17.9. The van der Waals surface area contributed by atoms with Crippen molar-refractivity contribution >= 4 is 18.2 Å². The van der Waals surface area contributed by atoms with E-state index in [9.17, 15) is 19.5 Å². The number of amides is 2. The first kappa shape index (κ1) is 23.3. The second kappa shape index (κ2) is 10.1. The van der Waals surface area contributed by atoms with Gasteiger partial charge in [-0.1, -0.05) is 30.3 Å². The van der Waals surface area contributed by atoms with E-state index in [1.54, 1.807) is 20.8 Å². The van der Waals surface area contributed by atoms with Gasteiger partial charge in [0.1, 0.15) is 17.9 Å². The number of nitrogens with one attached hydrogen (secondary N) is 1. The van der Waals surface area contributed by atoms with Crippen molar-refractivity contribution < 1.29 is 29.0 Å². The molecule has 30 heavy (non-hydrogen) atoms. The van der Waals surface area contributed by atoms with Crippen molar-refractivity contribution in [2.45, 2.75) is 64.7 Å². The van der Waals surface area contributed by atoms with E-state index in [0.29, 0.717) is 31.3 Å². The van der Waals surface area contributed by atoms with Gasteiger partial charge < -0.3 is 19.9 Å². The highest BCUT2D eigenvalue weighted by Gasteiger charge is 2.29. The maximum absolute atomic E-state index is 12.4. The first-order valence-electron chi connectivity index (χ1n) is 9.96. The normalized spacial score (nSPS) is 16.4. The number of hydrogen-bond donors (Lipinski definition) is 2. The Morgan fingerprint density at radius 1 is 1.13 bits per heavy atom. The molecule has 1 saturated carbocycles. The van der Waals surface area contributed by atoms with E-state index in [-0.39, 0.29) is 18.3 Å². The van der Waals surface area contributed by atoms with Gasteiger partial charge in [-0.2, -0.15) is 0 Å². The Hall–Kier alpha value is -3.03. The summed E-state index contributed by atoms with van der Waals surface area (Å²) in [5.41, 5.74) is 0.827. The number of carboxylic acids is 1. The van der Waals surface area contributed by atoms with Gasteiger partial charge in [0.05, 0.1) is 0 Å². The molecule has 8 nitrogen and oxygen atoms in total. The van der Waals surface area contributed by atoms with Crippen LogP contribution in [0.1, 0.15) is 52.0 Å². The Bertz CT molecular complexity index is 788. The zero-order valence-corrected chi connectivity index (χ0v) is 17.9. The smallest absolute Gasteiger partial charge is 0.414 e.